The monoisotopic (exact) mass is 244 g/mol. The van der Waals surface area contributed by atoms with Crippen molar-refractivity contribution in [3.05, 3.63) is 0 Å². The Morgan fingerprint density at radius 2 is 1.88 bits per heavy atom. The highest BCUT2D eigenvalue weighted by Crippen LogP contribution is 2.25. The van der Waals surface area contributed by atoms with Gasteiger partial charge in [-0.25, -0.2) is 8.78 Å². The lowest BCUT2D eigenvalue weighted by Crippen LogP contribution is -2.50. The Balaban J connectivity index is 4.72. The lowest BCUT2D eigenvalue weighted by molar-refractivity contribution is -0.181. The van der Waals surface area contributed by atoms with E-state index in [9.17, 15) is 27.2 Å². The number of carbonyl (C=O) groups is 2. The number of likely N-dealkylation sites (N-methyl/N-ethyl adjacent to an activating group) is 2. The normalized spacial score (nSPS) is 11.4. The van der Waals surface area contributed by atoms with Crippen molar-refractivity contribution in [2.75, 3.05) is 20.1 Å². The first-order valence-corrected chi connectivity index (χ1v) is 4.43. The van der Waals surface area contributed by atoms with Crippen LogP contribution in [-0.2, 0) is 9.59 Å². The predicted molar refractivity (Wildman–Crippen MR) is 47.3 cm³/mol. The molecule has 2 amide bonds. The topological polar surface area (TPSA) is 49.4 Å². The van der Waals surface area contributed by atoms with Crippen molar-refractivity contribution < 1.29 is 27.2 Å². The van der Waals surface area contributed by atoms with Gasteiger partial charge in [0, 0.05) is 13.6 Å². The molecule has 4 nitrogen and oxygen atoms in total. The first-order valence-electron chi connectivity index (χ1n) is 4.43. The van der Waals surface area contributed by atoms with E-state index in [1.54, 1.807) is 0 Å². The van der Waals surface area contributed by atoms with Crippen LogP contribution < -0.4 is 5.32 Å². The maximum atomic E-state index is 12.7. The Hall–Kier alpha value is -1.34. The zero-order valence-corrected chi connectivity index (χ0v) is 8.77. The molecular formula is C8H12F4N2O2. The molecule has 0 aromatic heterocycles. The molecular weight excluding hydrogens is 232 g/mol. The van der Waals surface area contributed by atoms with Crippen molar-refractivity contribution in [3.63, 3.8) is 0 Å². The zero-order valence-electron chi connectivity index (χ0n) is 8.77. The third kappa shape index (κ3) is 3.35. The number of hydrogen-bond donors (Lipinski definition) is 1. The van der Waals surface area contributed by atoms with E-state index in [4.69, 9.17) is 0 Å². The molecule has 0 bridgehead atoms. The molecule has 0 unspecified atom stereocenters. The maximum Gasteiger partial charge on any atom is 0.383 e. The SMILES string of the molecule is CCN(CC(=O)NC)C(=O)C(F)(F)C(F)F. The molecule has 0 aliphatic rings. The molecule has 0 heterocycles. The summed E-state index contributed by atoms with van der Waals surface area (Å²) in [6, 6.07) is 0. The predicted octanol–water partition coefficient (Wildman–Crippen LogP) is 0.481. The van der Waals surface area contributed by atoms with E-state index < -0.39 is 30.7 Å². The van der Waals surface area contributed by atoms with Gasteiger partial charge in [0.15, 0.2) is 0 Å². The summed E-state index contributed by atoms with van der Waals surface area (Å²) in [5.41, 5.74) is 0. The minimum Gasteiger partial charge on any atom is -0.358 e. The number of nitrogens with zero attached hydrogens (tertiary/aromatic N) is 1. The van der Waals surface area contributed by atoms with Gasteiger partial charge in [-0.15, -0.1) is 0 Å². The molecule has 0 saturated carbocycles. The summed E-state index contributed by atoms with van der Waals surface area (Å²) >= 11 is 0. The second-order valence-electron chi connectivity index (χ2n) is 2.92. The number of nitrogens with one attached hydrogen (secondary N) is 1. The molecule has 0 aliphatic heterocycles. The van der Waals surface area contributed by atoms with Gasteiger partial charge >= 0.3 is 12.3 Å². The quantitative estimate of drug-likeness (QED) is 0.715. The molecule has 0 atom stereocenters. The fourth-order valence-corrected chi connectivity index (χ4v) is 0.884. The molecule has 0 aliphatic carbocycles. The van der Waals surface area contributed by atoms with Crippen LogP contribution in [0.25, 0.3) is 0 Å². The van der Waals surface area contributed by atoms with E-state index in [2.05, 4.69) is 5.32 Å². The van der Waals surface area contributed by atoms with Gasteiger partial charge in [-0.3, -0.25) is 9.59 Å². The number of alkyl halides is 4. The van der Waals surface area contributed by atoms with Crippen LogP contribution in [0, 0.1) is 0 Å². The van der Waals surface area contributed by atoms with E-state index in [0.717, 1.165) is 0 Å². The van der Waals surface area contributed by atoms with E-state index >= 15 is 0 Å². The lowest BCUT2D eigenvalue weighted by atomic mass is 10.3. The second-order valence-corrected chi connectivity index (χ2v) is 2.92. The molecule has 94 valence electrons. The largest absolute Gasteiger partial charge is 0.383 e. The molecule has 16 heavy (non-hydrogen) atoms. The van der Waals surface area contributed by atoms with Crippen molar-refractivity contribution in [1.29, 1.82) is 0 Å². The Morgan fingerprint density at radius 1 is 1.38 bits per heavy atom. The van der Waals surface area contributed by atoms with Crippen LogP contribution in [0.5, 0.6) is 0 Å². The van der Waals surface area contributed by atoms with Crippen molar-refractivity contribution >= 4 is 11.8 Å². The van der Waals surface area contributed by atoms with Crippen LogP contribution in [0.2, 0.25) is 0 Å². The fourth-order valence-electron chi connectivity index (χ4n) is 0.884. The Kier molecular flexibility index (Phi) is 5.19. The van der Waals surface area contributed by atoms with Crippen LogP contribution in [0.3, 0.4) is 0 Å². The molecule has 0 aromatic carbocycles. The molecule has 8 heteroatoms. The summed E-state index contributed by atoms with van der Waals surface area (Å²) in [6.07, 6.45) is -4.08. The van der Waals surface area contributed by atoms with Crippen LogP contribution in [0.1, 0.15) is 6.92 Å². The summed E-state index contributed by atoms with van der Waals surface area (Å²) in [6.45, 7) is 0.380. The number of halogens is 4. The average molecular weight is 244 g/mol. The Labute approximate surface area is 89.6 Å². The molecule has 0 saturated heterocycles. The first-order chi connectivity index (χ1) is 7.27. The summed E-state index contributed by atoms with van der Waals surface area (Å²) in [5, 5.41) is 2.10. The lowest BCUT2D eigenvalue weighted by Gasteiger charge is -2.24. The van der Waals surface area contributed by atoms with E-state index in [-0.39, 0.29) is 6.54 Å². The van der Waals surface area contributed by atoms with Gasteiger partial charge < -0.3 is 10.2 Å². The third-order valence-corrected chi connectivity index (χ3v) is 1.84. The number of amides is 2. The minimum atomic E-state index is -4.76. The fraction of sp³-hybridized carbons (Fsp3) is 0.750. The molecule has 0 rings (SSSR count). The molecule has 0 aromatic rings. The smallest absolute Gasteiger partial charge is 0.358 e. The second kappa shape index (κ2) is 5.66. The van der Waals surface area contributed by atoms with Gasteiger partial charge in [-0.2, -0.15) is 8.78 Å². The van der Waals surface area contributed by atoms with Crippen LogP contribution >= 0.6 is 0 Å². The summed E-state index contributed by atoms with van der Waals surface area (Å²) in [7, 11) is 1.24. The first kappa shape index (κ1) is 14.7. The maximum absolute atomic E-state index is 12.7. The molecule has 0 spiro atoms. The van der Waals surface area contributed by atoms with Crippen LogP contribution in [0.15, 0.2) is 0 Å². The Bertz CT molecular complexity index is 271. The van der Waals surface area contributed by atoms with Crippen LogP contribution in [0.4, 0.5) is 17.6 Å². The zero-order chi connectivity index (χ0) is 12.9. The van der Waals surface area contributed by atoms with E-state index in [1.807, 2.05) is 0 Å². The highest BCUT2D eigenvalue weighted by atomic mass is 19.3. The van der Waals surface area contributed by atoms with Crippen LogP contribution in [-0.4, -0.2) is 49.2 Å². The van der Waals surface area contributed by atoms with E-state index in [1.165, 1.54) is 14.0 Å². The molecule has 1 N–H and O–H groups in total. The highest BCUT2D eigenvalue weighted by Gasteiger charge is 2.51. The Morgan fingerprint density at radius 3 is 2.19 bits per heavy atom. The van der Waals surface area contributed by atoms with Gasteiger partial charge in [-0.05, 0) is 6.92 Å². The minimum absolute atomic E-state index is 0.255. The highest BCUT2D eigenvalue weighted by molar-refractivity contribution is 5.88. The standard InChI is InChI=1S/C8H12F4N2O2/c1-3-14(4-5(15)13-2)7(16)8(11,12)6(9)10/h6H,3-4H2,1-2H3,(H,13,15). The molecule has 0 radical (unpaired) electrons. The van der Waals surface area contributed by atoms with Gasteiger partial charge in [0.2, 0.25) is 5.91 Å². The summed E-state index contributed by atoms with van der Waals surface area (Å²) < 4.78 is 49.1. The number of carbonyl (C=O) groups excluding carboxylic acids is 2. The van der Waals surface area contributed by atoms with Crippen molar-refractivity contribution in [2.24, 2.45) is 0 Å². The number of hydrogen-bond acceptors (Lipinski definition) is 2. The van der Waals surface area contributed by atoms with Gasteiger partial charge in [-0.1, -0.05) is 0 Å². The average Bonchev–Trinajstić information content (AvgIpc) is 2.24. The van der Waals surface area contributed by atoms with Crippen molar-refractivity contribution in [3.8, 4) is 0 Å². The van der Waals surface area contributed by atoms with Gasteiger partial charge in [0.1, 0.15) is 0 Å². The van der Waals surface area contributed by atoms with E-state index in [0.29, 0.717) is 4.90 Å². The van der Waals surface area contributed by atoms with Gasteiger partial charge in [0.25, 0.3) is 5.91 Å². The summed E-state index contributed by atoms with van der Waals surface area (Å²) in [5.74, 6) is -7.52. The number of rotatable bonds is 5. The van der Waals surface area contributed by atoms with Crippen molar-refractivity contribution in [1.82, 2.24) is 10.2 Å². The summed E-state index contributed by atoms with van der Waals surface area (Å²) in [4.78, 5) is 22.2. The molecule has 0 fully saturated rings. The van der Waals surface area contributed by atoms with Crippen molar-refractivity contribution in [2.45, 2.75) is 19.3 Å². The van der Waals surface area contributed by atoms with Gasteiger partial charge in [0.05, 0.1) is 6.54 Å². The third-order valence-electron chi connectivity index (χ3n) is 1.84.